The molecule has 0 saturated carbocycles. The summed E-state index contributed by atoms with van der Waals surface area (Å²) in [6, 6.07) is 21.4. The van der Waals surface area contributed by atoms with E-state index in [0.717, 1.165) is 42.8 Å². The standard InChI is InChI=1S/C23H24N6/c1-2-7-18(8-3-1)12-16-29-23(25-26-27-29)22(28-14-4-5-15-28)20-10-11-21-19(17-20)9-6-13-24-21/h1-3,6-11,13,17,22H,4-5,12,14-16H2/p+1/t22-/m1/s1. The Morgan fingerprint density at radius 2 is 1.83 bits per heavy atom. The molecule has 6 heteroatoms. The number of benzene rings is 2. The summed E-state index contributed by atoms with van der Waals surface area (Å²) in [6.45, 7) is 3.09. The Morgan fingerprint density at radius 1 is 0.966 bits per heavy atom. The van der Waals surface area contributed by atoms with Crippen molar-refractivity contribution in [2.75, 3.05) is 13.1 Å². The van der Waals surface area contributed by atoms with E-state index in [1.54, 1.807) is 4.90 Å². The van der Waals surface area contributed by atoms with E-state index in [-0.39, 0.29) is 6.04 Å². The molecule has 3 heterocycles. The van der Waals surface area contributed by atoms with Crippen LogP contribution in [0.4, 0.5) is 0 Å². The highest BCUT2D eigenvalue weighted by molar-refractivity contribution is 5.79. The van der Waals surface area contributed by atoms with E-state index < -0.39 is 0 Å². The third-order valence-electron chi connectivity index (χ3n) is 5.89. The van der Waals surface area contributed by atoms with E-state index in [0.29, 0.717) is 0 Å². The van der Waals surface area contributed by atoms with Crippen LogP contribution in [0, 0.1) is 0 Å². The highest BCUT2D eigenvalue weighted by atomic mass is 15.5. The largest absolute Gasteiger partial charge is 0.322 e. The number of nitrogens with one attached hydrogen (secondary N) is 1. The number of rotatable bonds is 6. The van der Waals surface area contributed by atoms with Gasteiger partial charge in [-0.05, 0) is 40.6 Å². The van der Waals surface area contributed by atoms with E-state index in [9.17, 15) is 0 Å². The SMILES string of the molecule is c1ccc(CCn2nnnc2[C@@H](c2ccc3ncccc3c2)[NH+]2CCCC2)cc1. The Labute approximate surface area is 170 Å². The smallest absolute Gasteiger partial charge is 0.214 e. The summed E-state index contributed by atoms with van der Waals surface area (Å²) < 4.78 is 2.00. The van der Waals surface area contributed by atoms with Gasteiger partial charge in [0.15, 0.2) is 6.04 Å². The molecule has 1 fully saturated rings. The van der Waals surface area contributed by atoms with Crippen LogP contribution in [0.2, 0.25) is 0 Å². The van der Waals surface area contributed by atoms with E-state index in [1.807, 2.05) is 23.0 Å². The van der Waals surface area contributed by atoms with Crippen molar-refractivity contribution >= 4 is 10.9 Å². The molecule has 1 aliphatic rings. The molecule has 29 heavy (non-hydrogen) atoms. The summed E-state index contributed by atoms with van der Waals surface area (Å²) in [7, 11) is 0. The molecule has 1 atom stereocenters. The molecule has 4 aromatic rings. The summed E-state index contributed by atoms with van der Waals surface area (Å²) in [6.07, 6.45) is 5.27. The Hall–Kier alpha value is -3.12. The average Bonchev–Trinajstić information content (AvgIpc) is 3.46. The van der Waals surface area contributed by atoms with E-state index in [2.05, 4.69) is 69.0 Å². The zero-order valence-corrected chi connectivity index (χ0v) is 16.4. The van der Waals surface area contributed by atoms with Crippen LogP contribution in [0.5, 0.6) is 0 Å². The zero-order valence-electron chi connectivity index (χ0n) is 16.4. The second kappa shape index (κ2) is 8.09. The van der Waals surface area contributed by atoms with Gasteiger partial charge in [-0.2, -0.15) is 0 Å². The normalized spacial score (nSPS) is 15.7. The fourth-order valence-corrected chi connectivity index (χ4v) is 4.42. The molecule has 1 N–H and O–H groups in total. The van der Waals surface area contributed by atoms with E-state index >= 15 is 0 Å². The molecule has 0 spiro atoms. The van der Waals surface area contributed by atoms with Gasteiger partial charge < -0.3 is 4.90 Å². The molecule has 5 rings (SSSR count). The quantitative estimate of drug-likeness (QED) is 0.553. The van der Waals surface area contributed by atoms with Gasteiger partial charge >= 0.3 is 0 Å². The van der Waals surface area contributed by atoms with Gasteiger partial charge in [0.1, 0.15) is 0 Å². The fraction of sp³-hybridized carbons (Fsp3) is 0.304. The van der Waals surface area contributed by atoms with Crippen LogP contribution in [0.1, 0.15) is 35.8 Å². The number of aryl methyl sites for hydroxylation is 2. The summed E-state index contributed by atoms with van der Waals surface area (Å²) in [5.74, 6) is 0.959. The summed E-state index contributed by atoms with van der Waals surface area (Å²) >= 11 is 0. The minimum absolute atomic E-state index is 0.146. The van der Waals surface area contributed by atoms with Gasteiger partial charge in [0.25, 0.3) is 0 Å². The molecular weight excluding hydrogens is 360 g/mol. The molecule has 6 nitrogen and oxygen atoms in total. The monoisotopic (exact) mass is 385 g/mol. The van der Waals surface area contributed by atoms with Crippen LogP contribution in [-0.2, 0) is 13.0 Å². The van der Waals surface area contributed by atoms with Gasteiger partial charge in [0.05, 0.1) is 18.6 Å². The second-order valence-electron chi connectivity index (χ2n) is 7.75. The first kappa shape index (κ1) is 17.9. The van der Waals surface area contributed by atoms with Crippen molar-refractivity contribution in [3.8, 4) is 0 Å². The first-order valence-corrected chi connectivity index (χ1v) is 10.4. The molecule has 2 aromatic carbocycles. The van der Waals surface area contributed by atoms with Crippen LogP contribution in [0.3, 0.4) is 0 Å². The number of likely N-dealkylation sites (tertiary alicyclic amines) is 1. The third-order valence-corrected chi connectivity index (χ3v) is 5.89. The van der Waals surface area contributed by atoms with Crippen LogP contribution in [-0.4, -0.2) is 38.3 Å². The number of fused-ring (bicyclic) bond motifs is 1. The Bertz CT molecular complexity index is 1080. The third kappa shape index (κ3) is 3.76. The molecule has 1 aliphatic heterocycles. The van der Waals surface area contributed by atoms with Gasteiger partial charge in [0.2, 0.25) is 5.82 Å². The summed E-state index contributed by atoms with van der Waals surface area (Å²) in [4.78, 5) is 6.02. The van der Waals surface area contributed by atoms with Crippen molar-refractivity contribution in [1.82, 2.24) is 25.2 Å². The number of aromatic nitrogens is 5. The van der Waals surface area contributed by atoms with Crippen molar-refractivity contribution in [2.24, 2.45) is 0 Å². The number of hydrogen-bond acceptors (Lipinski definition) is 4. The number of pyridine rings is 1. The van der Waals surface area contributed by atoms with Crippen LogP contribution in [0.25, 0.3) is 10.9 Å². The molecule has 0 radical (unpaired) electrons. The lowest BCUT2D eigenvalue weighted by Gasteiger charge is -2.24. The lowest BCUT2D eigenvalue weighted by atomic mass is 10.0. The highest BCUT2D eigenvalue weighted by Gasteiger charge is 2.33. The summed E-state index contributed by atoms with van der Waals surface area (Å²) in [5.41, 5.74) is 3.59. The summed E-state index contributed by atoms with van der Waals surface area (Å²) in [5, 5.41) is 14.1. The van der Waals surface area contributed by atoms with E-state index in [4.69, 9.17) is 0 Å². The maximum Gasteiger partial charge on any atom is 0.214 e. The molecule has 146 valence electrons. The molecule has 0 unspecified atom stereocenters. The molecule has 2 aromatic heterocycles. The lowest BCUT2D eigenvalue weighted by molar-refractivity contribution is -0.914. The number of hydrogen-bond donors (Lipinski definition) is 1. The molecular formula is C23H25N6+. The van der Waals surface area contributed by atoms with Crippen molar-refractivity contribution in [2.45, 2.75) is 31.8 Å². The van der Waals surface area contributed by atoms with Crippen molar-refractivity contribution in [3.05, 3.63) is 83.8 Å². The maximum atomic E-state index is 4.50. The minimum Gasteiger partial charge on any atom is -0.322 e. The highest BCUT2D eigenvalue weighted by Crippen LogP contribution is 2.22. The lowest BCUT2D eigenvalue weighted by Crippen LogP contribution is -3.10. The molecule has 0 bridgehead atoms. The van der Waals surface area contributed by atoms with Crippen LogP contribution >= 0.6 is 0 Å². The maximum absolute atomic E-state index is 4.50. The molecule has 0 aliphatic carbocycles. The van der Waals surface area contributed by atoms with Gasteiger partial charge in [-0.1, -0.05) is 42.5 Å². The Morgan fingerprint density at radius 3 is 2.69 bits per heavy atom. The molecule has 0 amide bonds. The number of nitrogens with zero attached hydrogens (tertiary/aromatic N) is 5. The van der Waals surface area contributed by atoms with Gasteiger partial charge in [-0.25, -0.2) is 4.68 Å². The van der Waals surface area contributed by atoms with Crippen LogP contribution in [0.15, 0.2) is 66.9 Å². The Kier molecular flexibility index (Phi) is 5.01. The second-order valence-corrected chi connectivity index (χ2v) is 7.75. The zero-order chi connectivity index (χ0) is 19.5. The van der Waals surface area contributed by atoms with Crippen LogP contribution < -0.4 is 4.90 Å². The van der Waals surface area contributed by atoms with Crippen molar-refractivity contribution < 1.29 is 4.90 Å². The predicted molar refractivity (Wildman–Crippen MR) is 111 cm³/mol. The van der Waals surface area contributed by atoms with E-state index in [1.165, 1.54) is 24.0 Å². The number of quaternary nitrogens is 1. The van der Waals surface area contributed by atoms with Gasteiger partial charge in [-0.3, -0.25) is 4.98 Å². The minimum atomic E-state index is 0.146. The van der Waals surface area contributed by atoms with Gasteiger partial charge in [0, 0.05) is 36.5 Å². The predicted octanol–water partition coefficient (Wildman–Crippen LogP) is 2.23. The topological polar surface area (TPSA) is 60.9 Å². The Balaban J connectivity index is 1.49. The first-order valence-electron chi connectivity index (χ1n) is 10.4. The number of tetrazole rings is 1. The fourth-order valence-electron chi connectivity index (χ4n) is 4.42. The van der Waals surface area contributed by atoms with Crippen molar-refractivity contribution in [3.63, 3.8) is 0 Å². The first-order chi connectivity index (χ1) is 14.4. The van der Waals surface area contributed by atoms with Crippen molar-refractivity contribution in [1.29, 1.82) is 0 Å². The average molecular weight is 385 g/mol. The van der Waals surface area contributed by atoms with Gasteiger partial charge in [-0.15, -0.1) is 5.10 Å². The molecule has 1 saturated heterocycles.